The zero-order valence-corrected chi connectivity index (χ0v) is 10.7. The Morgan fingerprint density at radius 3 is 2.53 bits per heavy atom. The van der Waals surface area contributed by atoms with Crippen LogP contribution in [0.25, 0.3) is 0 Å². The van der Waals surface area contributed by atoms with Gasteiger partial charge >= 0.3 is 5.97 Å². The number of carbonyl (C=O) groups is 1. The Labute approximate surface area is 104 Å². The Kier molecular flexibility index (Phi) is 4.08. The number of nitrogens with two attached hydrogens (primary N) is 1. The van der Waals surface area contributed by atoms with Crippen molar-refractivity contribution in [3.05, 3.63) is 0 Å². The average Bonchev–Trinajstić information content (AvgIpc) is 2.52. The summed E-state index contributed by atoms with van der Waals surface area (Å²) in [5, 5.41) is 9.06. The highest BCUT2D eigenvalue weighted by molar-refractivity contribution is 5.67. The minimum absolute atomic E-state index is 0.0999. The Morgan fingerprint density at radius 1 is 1.18 bits per heavy atom. The van der Waals surface area contributed by atoms with Crippen LogP contribution in [0.4, 0.5) is 0 Å². The third kappa shape index (κ3) is 3.01. The molecule has 2 saturated carbocycles. The van der Waals surface area contributed by atoms with Crippen molar-refractivity contribution in [3.8, 4) is 0 Å². The van der Waals surface area contributed by atoms with E-state index in [0.717, 1.165) is 24.7 Å². The highest BCUT2D eigenvalue weighted by atomic mass is 16.4. The molecule has 0 spiro atoms. The van der Waals surface area contributed by atoms with Gasteiger partial charge in [-0.2, -0.15) is 0 Å². The molecule has 0 amide bonds. The van der Waals surface area contributed by atoms with Gasteiger partial charge in [0.05, 0.1) is 6.42 Å². The first-order chi connectivity index (χ1) is 8.15. The first kappa shape index (κ1) is 12.9. The molecule has 2 unspecified atom stereocenters. The Hall–Kier alpha value is -0.570. The standard InChI is InChI=1S/C14H25NO2/c15-10-14(9-13(16)17)7-6-11-4-2-1-3-5-12(11)8-14/h11-12H,1-10,15H2,(H,16,17)/t11?,12?,14-/m0/s1. The van der Waals surface area contributed by atoms with Crippen LogP contribution in [0.5, 0.6) is 0 Å². The lowest BCUT2D eigenvalue weighted by Crippen LogP contribution is -2.40. The molecule has 0 bridgehead atoms. The van der Waals surface area contributed by atoms with Gasteiger partial charge in [0.25, 0.3) is 0 Å². The highest BCUT2D eigenvalue weighted by Gasteiger charge is 2.41. The topological polar surface area (TPSA) is 63.3 Å². The van der Waals surface area contributed by atoms with Crippen molar-refractivity contribution in [2.24, 2.45) is 23.0 Å². The van der Waals surface area contributed by atoms with Crippen LogP contribution in [0.1, 0.15) is 57.8 Å². The van der Waals surface area contributed by atoms with Gasteiger partial charge in [-0.1, -0.05) is 32.1 Å². The molecule has 0 heterocycles. The molecule has 0 aromatic rings. The van der Waals surface area contributed by atoms with E-state index in [0.29, 0.717) is 6.54 Å². The molecule has 0 saturated heterocycles. The molecule has 3 nitrogen and oxygen atoms in total. The fourth-order valence-corrected chi connectivity index (χ4v) is 4.00. The van der Waals surface area contributed by atoms with E-state index in [1.807, 2.05) is 0 Å². The molecule has 0 radical (unpaired) electrons. The molecule has 0 aromatic heterocycles. The predicted molar refractivity (Wildman–Crippen MR) is 67.7 cm³/mol. The fraction of sp³-hybridized carbons (Fsp3) is 0.929. The zero-order valence-electron chi connectivity index (χ0n) is 10.7. The maximum atomic E-state index is 11.0. The second-order valence-corrected chi connectivity index (χ2v) is 6.18. The van der Waals surface area contributed by atoms with Crippen molar-refractivity contribution in [3.63, 3.8) is 0 Å². The van der Waals surface area contributed by atoms with Crippen LogP contribution in [0.3, 0.4) is 0 Å². The Balaban J connectivity index is 2.04. The van der Waals surface area contributed by atoms with Crippen LogP contribution in [-0.2, 0) is 4.79 Å². The van der Waals surface area contributed by atoms with Gasteiger partial charge in [-0.25, -0.2) is 0 Å². The molecule has 0 aromatic carbocycles. The van der Waals surface area contributed by atoms with E-state index >= 15 is 0 Å². The summed E-state index contributed by atoms with van der Waals surface area (Å²) in [6.45, 7) is 0.544. The van der Waals surface area contributed by atoms with Crippen LogP contribution in [0, 0.1) is 17.3 Å². The largest absolute Gasteiger partial charge is 0.481 e. The summed E-state index contributed by atoms with van der Waals surface area (Å²) in [4.78, 5) is 11.0. The lowest BCUT2D eigenvalue weighted by atomic mass is 9.62. The molecule has 2 fully saturated rings. The number of carboxylic acid groups (broad SMARTS) is 1. The van der Waals surface area contributed by atoms with E-state index in [1.165, 1.54) is 38.5 Å². The number of aliphatic carboxylic acids is 1. The van der Waals surface area contributed by atoms with Gasteiger partial charge in [0.2, 0.25) is 0 Å². The molecule has 2 aliphatic rings. The summed E-state index contributed by atoms with van der Waals surface area (Å²) in [6.07, 6.45) is 10.3. The number of fused-ring (bicyclic) bond motifs is 1. The van der Waals surface area contributed by atoms with E-state index in [-0.39, 0.29) is 11.8 Å². The Bertz CT molecular complexity index is 279. The normalized spacial score (nSPS) is 38.2. The van der Waals surface area contributed by atoms with Crippen molar-refractivity contribution >= 4 is 5.97 Å². The van der Waals surface area contributed by atoms with Crippen LogP contribution < -0.4 is 5.73 Å². The number of hydrogen-bond donors (Lipinski definition) is 2. The molecule has 3 N–H and O–H groups in total. The van der Waals surface area contributed by atoms with Gasteiger partial charge in [0.15, 0.2) is 0 Å². The van der Waals surface area contributed by atoms with Gasteiger partial charge in [0, 0.05) is 0 Å². The third-order valence-corrected chi connectivity index (χ3v) is 5.02. The lowest BCUT2D eigenvalue weighted by Gasteiger charge is -2.43. The van der Waals surface area contributed by atoms with Crippen LogP contribution >= 0.6 is 0 Å². The lowest BCUT2D eigenvalue weighted by molar-refractivity contribution is -0.140. The van der Waals surface area contributed by atoms with Crippen molar-refractivity contribution in [2.45, 2.75) is 57.8 Å². The quantitative estimate of drug-likeness (QED) is 0.796. The summed E-state index contributed by atoms with van der Waals surface area (Å²) < 4.78 is 0. The first-order valence-electron chi connectivity index (χ1n) is 7.07. The van der Waals surface area contributed by atoms with Crippen molar-refractivity contribution in [1.82, 2.24) is 0 Å². The zero-order chi connectivity index (χ0) is 12.3. The van der Waals surface area contributed by atoms with Gasteiger partial charge in [-0.05, 0) is 43.1 Å². The summed E-state index contributed by atoms with van der Waals surface area (Å²) >= 11 is 0. The first-order valence-corrected chi connectivity index (χ1v) is 7.07. The smallest absolute Gasteiger partial charge is 0.303 e. The highest BCUT2D eigenvalue weighted by Crippen LogP contribution is 2.48. The SMILES string of the molecule is NC[C@@]1(CC(=O)O)CCC2CCCCCC2C1. The number of carboxylic acids is 1. The van der Waals surface area contributed by atoms with Crippen molar-refractivity contribution in [2.75, 3.05) is 6.54 Å². The average molecular weight is 239 g/mol. The molecule has 0 aliphatic heterocycles. The van der Waals surface area contributed by atoms with E-state index in [4.69, 9.17) is 10.8 Å². The number of hydrogen-bond acceptors (Lipinski definition) is 2. The van der Waals surface area contributed by atoms with Gasteiger partial charge in [-0.15, -0.1) is 0 Å². The van der Waals surface area contributed by atoms with E-state index < -0.39 is 5.97 Å². The van der Waals surface area contributed by atoms with Crippen molar-refractivity contribution in [1.29, 1.82) is 0 Å². The maximum Gasteiger partial charge on any atom is 0.303 e. The molecule has 2 aliphatic carbocycles. The van der Waals surface area contributed by atoms with Gasteiger partial charge < -0.3 is 10.8 Å². The summed E-state index contributed by atoms with van der Waals surface area (Å²) in [7, 11) is 0. The van der Waals surface area contributed by atoms with E-state index in [9.17, 15) is 4.79 Å². The van der Waals surface area contributed by atoms with Crippen LogP contribution in [-0.4, -0.2) is 17.6 Å². The predicted octanol–water partition coefficient (Wildman–Crippen LogP) is 2.79. The summed E-state index contributed by atoms with van der Waals surface area (Å²) in [5.41, 5.74) is 5.78. The van der Waals surface area contributed by atoms with Gasteiger partial charge in [-0.3, -0.25) is 4.79 Å². The Morgan fingerprint density at radius 2 is 1.88 bits per heavy atom. The van der Waals surface area contributed by atoms with Crippen LogP contribution in [0.2, 0.25) is 0 Å². The molecule has 2 rings (SSSR count). The fourth-order valence-electron chi connectivity index (χ4n) is 4.00. The molecular weight excluding hydrogens is 214 g/mol. The van der Waals surface area contributed by atoms with E-state index in [1.54, 1.807) is 0 Å². The third-order valence-electron chi connectivity index (χ3n) is 5.02. The molecular formula is C14H25NO2. The monoisotopic (exact) mass is 239 g/mol. The number of rotatable bonds is 3. The maximum absolute atomic E-state index is 11.0. The van der Waals surface area contributed by atoms with Crippen LogP contribution in [0.15, 0.2) is 0 Å². The summed E-state index contributed by atoms with van der Waals surface area (Å²) in [5.74, 6) is 0.919. The van der Waals surface area contributed by atoms with Gasteiger partial charge in [0.1, 0.15) is 0 Å². The molecule has 3 heteroatoms. The molecule has 3 atom stereocenters. The summed E-state index contributed by atoms with van der Waals surface area (Å²) in [6, 6.07) is 0. The minimum atomic E-state index is -0.678. The van der Waals surface area contributed by atoms with E-state index in [2.05, 4.69) is 0 Å². The van der Waals surface area contributed by atoms with Crippen molar-refractivity contribution < 1.29 is 9.90 Å². The second-order valence-electron chi connectivity index (χ2n) is 6.18. The molecule has 17 heavy (non-hydrogen) atoms. The minimum Gasteiger partial charge on any atom is -0.481 e. The molecule has 98 valence electrons. The second kappa shape index (κ2) is 5.38.